The average Bonchev–Trinajstić information content (AvgIpc) is 3.55. The summed E-state index contributed by atoms with van der Waals surface area (Å²) in [5.41, 5.74) is 5.20. The van der Waals surface area contributed by atoms with Crippen molar-refractivity contribution in [1.29, 1.82) is 0 Å². The SMILES string of the molecule is CNc1cc(-c2cccc(C(=O)NCCCCCCc3ccc4c(c3)n(C)c(=O)n4C3CCC(=O)NC3=O)c2)nn2c(C(=O)N[C@@H]3C[C@@H]3F)cnc12. The van der Waals surface area contributed by atoms with E-state index < -0.39 is 30.1 Å². The van der Waals surface area contributed by atoms with Gasteiger partial charge in [0.2, 0.25) is 11.8 Å². The Balaban J connectivity index is 0.913. The van der Waals surface area contributed by atoms with Gasteiger partial charge >= 0.3 is 5.69 Å². The van der Waals surface area contributed by atoms with Crippen LogP contribution in [0, 0.1) is 0 Å². The number of fused-ring (bicyclic) bond motifs is 2. The van der Waals surface area contributed by atoms with E-state index >= 15 is 0 Å². The van der Waals surface area contributed by atoms with Crippen molar-refractivity contribution in [3.8, 4) is 11.3 Å². The Morgan fingerprint density at radius 2 is 1.81 bits per heavy atom. The van der Waals surface area contributed by atoms with Crippen LogP contribution in [0.4, 0.5) is 10.1 Å². The standard InChI is InChI=1S/C37H40FN9O5/c1-39-27-19-25(44-47-31(20-41-33(27)47)36(51)42-26-18-24(26)38)22-9-7-10-23(17-22)34(49)40-15-6-4-3-5-8-21-11-12-28-30(16-21)45(2)37(52)46(28)29-13-14-32(48)43-35(29)50/h7,9-12,16-17,19-20,24,26,29,39H,3-6,8,13-15,18H2,1-2H3,(H,40,49)(H,42,51)(H,43,48,50)/t24-,26+,29?/m0/s1. The first-order chi connectivity index (χ1) is 25.1. The van der Waals surface area contributed by atoms with Gasteiger partial charge in [-0.2, -0.15) is 5.10 Å². The number of imidazole rings is 2. The summed E-state index contributed by atoms with van der Waals surface area (Å²) in [5, 5.41) is 15.7. The molecule has 3 atom stereocenters. The van der Waals surface area contributed by atoms with Gasteiger partial charge in [-0.1, -0.05) is 31.0 Å². The second kappa shape index (κ2) is 14.4. The summed E-state index contributed by atoms with van der Waals surface area (Å²) in [7, 11) is 3.43. The van der Waals surface area contributed by atoms with Crippen LogP contribution in [-0.2, 0) is 23.1 Å². The van der Waals surface area contributed by atoms with Crippen LogP contribution in [-0.4, -0.2) is 73.2 Å². The van der Waals surface area contributed by atoms with E-state index in [1.807, 2.05) is 24.3 Å². The molecule has 5 aromatic rings. The van der Waals surface area contributed by atoms with E-state index in [9.17, 15) is 28.4 Å². The molecule has 2 aliphatic rings. The van der Waals surface area contributed by atoms with Crippen LogP contribution >= 0.6 is 0 Å². The van der Waals surface area contributed by atoms with E-state index in [1.165, 1.54) is 15.3 Å². The lowest BCUT2D eigenvalue weighted by molar-refractivity contribution is -0.135. The number of carbonyl (C=O) groups excluding carboxylic acids is 4. The largest absolute Gasteiger partial charge is 0.385 e. The zero-order chi connectivity index (χ0) is 36.5. The lowest BCUT2D eigenvalue weighted by Crippen LogP contribution is -2.44. The second-order valence-corrected chi connectivity index (χ2v) is 13.4. The zero-order valence-corrected chi connectivity index (χ0v) is 28.9. The number of anilines is 1. The number of carbonyl (C=O) groups is 4. The normalized spacial score (nSPS) is 18.4. The number of piperidine rings is 1. The Morgan fingerprint density at radius 1 is 1.00 bits per heavy atom. The Labute approximate surface area is 297 Å². The third kappa shape index (κ3) is 6.90. The molecular formula is C37H40FN9O5. The van der Waals surface area contributed by atoms with Crippen LogP contribution in [0.1, 0.15) is 77.4 Å². The van der Waals surface area contributed by atoms with Crippen molar-refractivity contribution in [2.75, 3.05) is 18.9 Å². The zero-order valence-electron chi connectivity index (χ0n) is 28.9. The summed E-state index contributed by atoms with van der Waals surface area (Å²) in [6.45, 7) is 0.521. The summed E-state index contributed by atoms with van der Waals surface area (Å²) in [5.74, 6) is -1.42. The van der Waals surface area contributed by atoms with E-state index in [1.54, 1.807) is 42.9 Å². The number of aromatic nitrogens is 5. The van der Waals surface area contributed by atoms with Crippen molar-refractivity contribution in [2.24, 2.45) is 7.05 Å². The predicted octanol–water partition coefficient (Wildman–Crippen LogP) is 3.44. The van der Waals surface area contributed by atoms with Gasteiger partial charge < -0.3 is 16.0 Å². The fourth-order valence-corrected chi connectivity index (χ4v) is 6.73. The summed E-state index contributed by atoms with van der Waals surface area (Å²) in [6.07, 6.45) is 5.64. The molecule has 1 aliphatic heterocycles. The Kier molecular flexibility index (Phi) is 9.58. The number of halogens is 1. The lowest BCUT2D eigenvalue weighted by atomic mass is 10.0. The third-order valence-corrected chi connectivity index (χ3v) is 9.77. The molecule has 1 saturated carbocycles. The van der Waals surface area contributed by atoms with Crippen LogP contribution < -0.4 is 27.0 Å². The van der Waals surface area contributed by atoms with E-state index in [2.05, 4.69) is 31.3 Å². The number of benzene rings is 2. The van der Waals surface area contributed by atoms with E-state index in [-0.39, 0.29) is 29.6 Å². The number of imide groups is 1. The molecule has 0 spiro atoms. The molecule has 4 amide bonds. The third-order valence-electron chi connectivity index (χ3n) is 9.77. The summed E-state index contributed by atoms with van der Waals surface area (Å²) < 4.78 is 17.9. The van der Waals surface area contributed by atoms with Crippen molar-refractivity contribution in [1.82, 2.24) is 39.7 Å². The first kappa shape index (κ1) is 34.6. The van der Waals surface area contributed by atoms with E-state index in [0.29, 0.717) is 53.1 Å². The number of hydrogen-bond acceptors (Lipinski definition) is 8. The van der Waals surface area contributed by atoms with Crippen LogP contribution in [0.2, 0.25) is 0 Å². The molecule has 0 radical (unpaired) electrons. The number of rotatable bonds is 13. The highest BCUT2D eigenvalue weighted by molar-refractivity contribution is 6.00. The fraction of sp³-hybridized carbons (Fsp3) is 0.378. The number of aryl methyl sites for hydroxylation is 2. The highest BCUT2D eigenvalue weighted by atomic mass is 19.1. The molecule has 4 heterocycles. The van der Waals surface area contributed by atoms with Crippen molar-refractivity contribution in [2.45, 2.75) is 69.6 Å². The quantitative estimate of drug-likeness (QED) is 0.106. The van der Waals surface area contributed by atoms with Gasteiger partial charge in [-0.15, -0.1) is 0 Å². The van der Waals surface area contributed by atoms with Crippen molar-refractivity contribution in [3.05, 3.63) is 82.0 Å². The maximum absolute atomic E-state index is 13.4. The number of amides is 4. The minimum absolute atomic E-state index is 0.191. The molecule has 0 bridgehead atoms. The predicted molar refractivity (Wildman–Crippen MR) is 192 cm³/mol. The summed E-state index contributed by atoms with van der Waals surface area (Å²) in [4.78, 5) is 67.3. The second-order valence-electron chi connectivity index (χ2n) is 13.4. The highest BCUT2D eigenvalue weighted by Gasteiger charge is 2.39. The van der Waals surface area contributed by atoms with Crippen molar-refractivity contribution < 1.29 is 23.6 Å². The number of nitrogens with one attached hydrogen (secondary N) is 4. The van der Waals surface area contributed by atoms with E-state index in [0.717, 1.165) is 43.2 Å². The molecule has 1 unspecified atom stereocenters. The maximum Gasteiger partial charge on any atom is 0.329 e. The molecule has 2 aromatic carbocycles. The van der Waals surface area contributed by atoms with Crippen LogP contribution in [0.3, 0.4) is 0 Å². The van der Waals surface area contributed by atoms with Gasteiger partial charge in [-0.3, -0.25) is 33.6 Å². The monoisotopic (exact) mass is 709 g/mol. The Hall–Kier alpha value is -5.86. The Bertz CT molecular complexity index is 2270. The van der Waals surface area contributed by atoms with Crippen LogP contribution in [0.25, 0.3) is 27.9 Å². The molecular weight excluding hydrogens is 669 g/mol. The molecule has 4 N–H and O–H groups in total. The molecule has 1 saturated heterocycles. The van der Waals surface area contributed by atoms with Gasteiger partial charge in [0.15, 0.2) is 11.3 Å². The maximum atomic E-state index is 13.4. The minimum atomic E-state index is -1.03. The lowest BCUT2D eigenvalue weighted by Gasteiger charge is -2.21. The number of unbranched alkanes of at least 4 members (excludes halogenated alkanes) is 3. The average molecular weight is 710 g/mol. The molecule has 15 heteroatoms. The minimum Gasteiger partial charge on any atom is -0.385 e. The highest BCUT2D eigenvalue weighted by Crippen LogP contribution is 2.28. The fourth-order valence-electron chi connectivity index (χ4n) is 6.73. The molecule has 2 fully saturated rings. The topological polar surface area (TPSA) is 174 Å². The van der Waals surface area contributed by atoms with Gasteiger partial charge in [-0.25, -0.2) is 18.7 Å². The first-order valence-electron chi connectivity index (χ1n) is 17.6. The smallest absolute Gasteiger partial charge is 0.329 e. The summed E-state index contributed by atoms with van der Waals surface area (Å²) >= 11 is 0. The van der Waals surface area contributed by atoms with Gasteiger partial charge in [0, 0.05) is 44.6 Å². The first-order valence-corrected chi connectivity index (χ1v) is 17.6. The molecule has 7 rings (SSSR count). The summed E-state index contributed by atoms with van der Waals surface area (Å²) in [6, 6.07) is 13.6. The van der Waals surface area contributed by atoms with Crippen LogP contribution in [0.5, 0.6) is 0 Å². The van der Waals surface area contributed by atoms with Gasteiger partial charge in [0.25, 0.3) is 11.8 Å². The van der Waals surface area contributed by atoms with E-state index in [4.69, 9.17) is 0 Å². The van der Waals surface area contributed by atoms with Crippen LogP contribution in [0.15, 0.2) is 59.5 Å². The van der Waals surface area contributed by atoms with Gasteiger partial charge in [0.05, 0.1) is 34.7 Å². The number of nitrogens with zero attached hydrogens (tertiary/aromatic N) is 5. The Morgan fingerprint density at radius 3 is 2.58 bits per heavy atom. The number of alkyl halides is 1. The molecule has 52 heavy (non-hydrogen) atoms. The van der Waals surface area contributed by atoms with Gasteiger partial charge in [-0.05, 0) is 61.6 Å². The molecule has 270 valence electrons. The molecule has 14 nitrogen and oxygen atoms in total. The van der Waals surface area contributed by atoms with Gasteiger partial charge in [0.1, 0.15) is 12.2 Å². The molecule has 3 aromatic heterocycles. The number of hydrogen-bond donors (Lipinski definition) is 4. The van der Waals surface area contributed by atoms with Crippen molar-refractivity contribution in [3.63, 3.8) is 0 Å². The van der Waals surface area contributed by atoms with Crippen molar-refractivity contribution >= 4 is 46.0 Å². The molecule has 1 aliphatic carbocycles.